The minimum absolute atomic E-state index is 0.203. The fraction of sp³-hybridized carbons (Fsp3) is 0.625. The molecule has 2 rings (SSSR count). The summed E-state index contributed by atoms with van der Waals surface area (Å²) in [4.78, 5) is 2.59. The molecule has 1 heterocycles. The van der Waals surface area contributed by atoms with Crippen LogP contribution in [0.1, 0.15) is 44.7 Å². The van der Waals surface area contributed by atoms with Crippen LogP contribution in [0.3, 0.4) is 0 Å². The predicted octanol–water partition coefficient (Wildman–Crippen LogP) is 3.96. The highest BCUT2D eigenvalue weighted by Gasteiger charge is 2.32. The predicted molar refractivity (Wildman–Crippen MR) is 85.1 cm³/mol. The Kier molecular flexibility index (Phi) is 5.43. The summed E-state index contributed by atoms with van der Waals surface area (Å²) < 4.78 is 1.18. The molecule has 0 aromatic heterocycles. The molecule has 2 nitrogen and oxygen atoms in total. The van der Waals surface area contributed by atoms with Crippen LogP contribution in [0.5, 0.6) is 0 Å². The van der Waals surface area contributed by atoms with Crippen LogP contribution in [0.2, 0.25) is 0 Å². The maximum absolute atomic E-state index is 6.42. The van der Waals surface area contributed by atoms with E-state index in [0.29, 0.717) is 6.04 Å². The van der Waals surface area contributed by atoms with Gasteiger partial charge in [0, 0.05) is 17.1 Å². The van der Waals surface area contributed by atoms with Crippen LogP contribution in [-0.2, 0) is 0 Å². The van der Waals surface area contributed by atoms with Crippen LogP contribution < -0.4 is 5.73 Å². The van der Waals surface area contributed by atoms with E-state index in [4.69, 9.17) is 5.73 Å². The lowest BCUT2D eigenvalue weighted by atomic mass is 9.96. The first-order valence-corrected chi connectivity index (χ1v) is 8.20. The summed E-state index contributed by atoms with van der Waals surface area (Å²) in [5.41, 5.74) is 7.76. The lowest BCUT2D eigenvalue weighted by molar-refractivity contribution is 0.201. The molecule has 2 N–H and O–H groups in total. The first-order valence-electron chi connectivity index (χ1n) is 7.41. The third kappa shape index (κ3) is 3.39. The molecule has 3 heteroatoms. The van der Waals surface area contributed by atoms with Crippen LogP contribution in [-0.4, -0.2) is 24.0 Å². The van der Waals surface area contributed by atoms with Gasteiger partial charge in [-0.1, -0.05) is 54.4 Å². The molecular formula is C16H25BrN2. The molecule has 19 heavy (non-hydrogen) atoms. The number of rotatable bonds is 5. The maximum Gasteiger partial charge on any atom is 0.0510 e. The second-order valence-corrected chi connectivity index (χ2v) is 6.45. The number of nitrogens with two attached hydrogens (primary N) is 1. The Morgan fingerprint density at radius 2 is 2.11 bits per heavy atom. The van der Waals surface area contributed by atoms with E-state index in [9.17, 15) is 0 Å². The third-order valence-electron chi connectivity index (χ3n) is 4.39. The van der Waals surface area contributed by atoms with Gasteiger partial charge in [0.2, 0.25) is 0 Å². The Hall–Kier alpha value is -0.380. The van der Waals surface area contributed by atoms with Crippen molar-refractivity contribution in [3.05, 3.63) is 34.3 Å². The SMILES string of the molecule is CCC1CCN(C(c2ccccc2Br)C(N)CC)C1. The highest BCUT2D eigenvalue weighted by Crippen LogP contribution is 2.35. The second kappa shape index (κ2) is 6.87. The molecule has 1 fully saturated rings. The number of likely N-dealkylation sites (tertiary alicyclic amines) is 1. The van der Waals surface area contributed by atoms with Crippen molar-refractivity contribution in [3.8, 4) is 0 Å². The van der Waals surface area contributed by atoms with Gasteiger partial charge < -0.3 is 5.73 Å². The quantitative estimate of drug-likeness (QED) is 0.888. The molecule has 0 bridgehead atoms. The van der Waals surface area contributed by atoms with Crippen molar-refractivity contribution in [2.45, 2.75) is 45.2 Å². The normalized spacial score (nSPS) is 23.5. The van der Waals surface area contributed by atoms with Gasteiger partial charge in [-0.05, 0) is 36.9 Å². The molecule has 1 aromatic carbocycles. The first kappa shape index (κ1) is 15.0. The summed E-state index contributed by atoms with van der Waals surface area (Å²) in [6, 6.07) is 9.07. The Morgan fingerprint density at radius 1 is 1.37 bits per heavy atom. The lowest BCUT2D eigenvalue weighted by Gasteiger charge is -2.33. The van der Waals surface area contributed by atoms with E-state index in [-0.39, 0.29) is 6.04 Å². The van der Waals surface area contributed by atoms with E-state index in [1.54, 1.807) is 0 Å². The topological polar surface area (TPSA) is 29.3 Å². The lowest BCUT2D eigenvalue weighted by Crippen LogP contribution is -2.40. The molecule has 1 saturated heterocycles. The van der Waals surface area contributed by atoms with Gasteiger partial charge in [0.25, 0.3) is 0 Å². The summed E-state index contributed by atoms with van der Waals surface area (Å²) in [6.45, 7) is 6.84. The van der Waals surface area contributed by atoms with Crippen molar-refractivity contribution in [2.75, 3.05) is 13.1 Å². The highest BCUT2D eigenvalue weighted by atomic mass is 79.9. The number of halogens is 1. The van der Waals surface area contributed by atoms with Crippen molar-refractivity contribution < 1.29 is 0 Å². The molecule has 3 unspecified atom stereocenters. The molecule has 1 aromatic rings. The molecule has 0 amide bonds. The van der Waals surface area contributed by atoms with Crippen molar-refractivity contribution >= 4 is 15.9 Å². The van der Waals surface area contributed by atoms with Crippen molar-refractivity contribution in [1.29, 1.82) is 0 Å². The molecular weight excluding hydrogens is 300 g/mol. The van der Waals surface area contributed by atoms with E-state index in [2.05, 4.69) is 58.9 Å². The Balaban J connectivity index is 2.25. The zero-order chi connectivity index (χ0) is 13.8. The molecule has 1 aliphatic heterocycles. The maximum atomic E-state index is 6.42. The zero-order valence-electron chi connectivity index (χ0n) is 12.0. The van der Waals surface area contributed by atoms with Crippen LogP contribution in [0, 0.1) is 5.92 Å². The first-order chi connectivity index (χ1) is 9.17. The van der Waals surface area contributed by atoms with Gasteiger partial charge >= 0.3 is 0 Å². The van der Waals surface area contributed by atoms with Crippen LogP contribution in [0.4, 0.5) is 0 Å². The van der Waals surface area contributed by atoms with Gasteiger partial charge in [0.05, 0.1) is 6.04 Å². The summed E-state index contributed by atoms with van der Waals surface area (Å²) >= 11 is 3.69. The fourth-order valence-electron chi connectivity index (χ4n) is 3.08. The van der Waals surface area contributed by atoms with E-state index >= 15 is 0 Å². The Bertz CT molecular complexity index is 407. The minimum atomic E-state index is 0.203. The Labute approximate surface area is 125 Å². The van der Waals surface area contributed by atoms with E-state index in [1.165, 1.54) is 36.0 Å². The van der Waals surface area contributed by atoms with Crippen LogP contribution in [0.25, 0.3) is 0 Å². The number of hydrogen-bond donors (Lipinski definition) is 1. The molecule has 3 atom stereocenters. The Morgan fingerprint density at radius 3 is 2.68 bits per heavy atom. The van der Waals surface area contributed by atoms with Gasteiger partial charge in [-0.25, -0.2) is 0 Å². The van der Waals surface area contributed by atoms with E-state index in [0.717, 1.165) is 12.3 Å². The van der Waals surface area contributed by atoms with Gasteiger partial charge in [0.1, 0.15) is 0 Å². The minimum Gasteiger partial charge on any atom is -0.326 e. The third-order valence-corrected chi connectivity index (χ3v) is 5.11. The average Bonchev–Trinajstić information content (AvgIpc) is 2.89. The summed E-state index contributed by atoms with van der Waals surface area (Å²) in [7, 11) is 0. The summed E-state index contributed by atoms with van der Waals surface area (Å²) in [6.07, 6.45) is 3.60. The number of benzene rings is 1. The van der Waals surface area contributed by atoms with Crippen molar-refractivity contribution in [1.82, 2.24) is 4.90 Å². The molecule has 0 aliphatic carbocycles. The zero-order valence-corrected chi connectivity index (χ0v) is 13.6. The van der Waals surface area contributed by atoms with E-state index in [1.807, 2.05) is 0 Å². The fourth-order valence-corrected chi connectivity index (χ4v) is 3.60. The molecule has 1 aliphatic rings. The second-order valence-electron chi connectivity index (χ2n) is 5.60. The monoisotopic (exact) mass is 324 g/mol. The standard InChI is InChI=1S/C16H25BrN2/c1-3-12-9-10-19(11-12)16(15(18)4-2)13-7-5-6-8-14(13)17/h5-8,12,15-16H,3-4,9-11,18H2,1-2H3. The van der Waals surface area contributed by atoms with Crippen LogP contribution >= 0.6 is 15.9 Å². The highest BCUT2D eigenvalue weighted by molar-refractivity contribution is 9.10. The number of hydrogen-bond acceptors (Lipinski definition) is 2. The summed E-state index contributed by atoms with van der Waals surface area (Å²) in [5, 5.41) is 0. The largest absolute Gasteiger partial charge is 0.326 e. The van der Waals surface area contributed by atoms with Gasteiger partial charge in [-0.15, -0.1) is 0 Å². The van der Waals surface area contributed by atoms with Gasteiger partial charge in [0.15, 0.2) is 0 Å². The summed E-state index contributed by atoms with van der Waals surface area (Å²) in [5.74, 6) is 0.842. The van der Waals surface area contributed by atoms with Gasteiger partial charge in [-0.2, -0.15) is 0 Å². The molecule has 0 radical (unpaired) electrons. The molecule has 0 saturated carbocycles. The molecule has 0 spiro atoms. The van der Waals surface area contributed by atoms with Crippen molar-refractivity contribution in [3.63, 3.8) is 0 Å². The molecule has 106 valence electrons. The van der Waals surface area contributed by atoms with Gasteiger partial charge in [-0.3, -0.25) is 4.90 Å². The van der Waals surface area contributed by atoms with Crippen LogP contribution in [0.15, 0.2) is 28.7 Å². The number of nitrogens with zero attached hydrogens (tertiary/aromatic N) is 1. The van der Waals surface area contributed by atoms with Crippen molar-refractivity contribution in [2.24, 2.45) is 11.7 Å². The smallest absolute Gasteiger partial charge is 0.0510 e. The average molecular weight is 325 g/mol. The van der Waals surface area contributed by atoms with E-state index < -0.39 is 0 Å².